The first kappa shape index (κ1) is 17.8. The highest BCUT2D eigenvalue weighted by molar-refractivity contribution is 7.80. The van der Waals surface area contributed by atoms with E-state index in [0.29, 0.717) is 45.1 Å². The minimum atomic E-state index is -0.532. The minimum absolute atomic E-state index is 0.144. The van der Waals surface area contributed by atoms with Crippen LogP contribution in [-0.2, 0) is 9.53 Å². The van der Waals surface area contributed by atoms with E-state index in [1.54, 1.807) is 19.1 Å². The Labute approximate surface area is 156 Å². The molecule has 0 aliphatic carbocycles. The van der Waals surface area contributed by atoms with Crippen LogP contribution in [0.2, 0.25) is 5.02 Å². The molecule has 0 bridgehead atoms. The number of esters is 1. The highest BCUT2D eigenvalue weighted by atomic mass is 35.5. The van der Waals surface area contributed by atoms with E-state index in [1.165, 1.54) is 0 Å². The van der Waals surface area contributed by atoms with Crippen molar-refractivity contribution >= 4 is 34.9 Å². The maximum absolute atomic E-state index is 12.6. The number of ether oxygens (including phenoxy) is 3. The molecular weight excluding hydrogens is 364 g/mol. The van der Waals surface area contributed by atoms with Gasteiger partial charge in [0.1, 0.15) is 0 Å². The minimum Gasteiger partial charge on any atom is -0.462 e. The summed E-state index contributed by atoms with van der Waals surface area (Å²) in [5.41, 5.74) is 1.75. The van der Waals surface area contributed by atoms with Crippen LogP contribution < -0.4 is 20.1 Å². The van der Waals surface area contributed by atoms with Crippen LogP contribution in [0.5, 0.6) is 11.5 Å². The van der Waals surface area contributed by atoms with Crippen molar-refractivity contribution in [2.75, 3.05) is 13.4 Å². The van der Waals surface area contributed by atoms with Crippen LogP contribution in [0.4, 0.5) is 0 Å². The number of allylic oxidation sites excluding steroid dienone is 1. The summed E-state index contributed by atoms with van der Waals surface area (Å²) in [6.07, 6.45) is 0. The number of carbonyl (C=O) groups is 1. The number of fused-ring (bicyclic) bond motifs is 1. The van der Waals surface area contributed by atoms with Gasteiger partial charge >= 0.3 is 5.97 Å². The summed E-state index contributed by atoms with van der Waals surface area (Å²) in [5.74, 6) is 0.989. The number of carbonyl (C=O) groups excluding carboxylic acids is 1. The average molecular weight is 383 g/mol. The van der Waals surface area contributed by atoms with E-state index < -0.39 is 12.0 Å². The maximum Gasteiger partial charge on any atom is 0.338 e. The summed E-state index contributed by atoms with van der Waals surface area (Å²) in [7, 11) is 0. The first-order valence-electron chi connectivity index (χ1n) is 7.91. The van der Waals surface area contributed by atoms with Crippen LogP contribution >= 0.6 is 23.8 Å². The number of halogens is 1. The van der Waals surface area contributed by atoms with Gasteiger partial charge in [0.15, 0.2) is 16.6 Å². The fraction of sp³-hybridized carbons (Fsp3) is 0.412. The van der Waals surface area contributed by atoms with Crippen molar-refractivity contribution in [1.29, 1.82) is 0 Å². The van der Waals surface area contributed by atoms with E-state index in [-0.39, 0.29) is 12.7 Å². The van der Waals surface area contributed by atoms with Gasteiger partial charge in [-0.05, 0) is 31.1 Å². The van der Waals surface area contributed by atoms with Gasteiger partial charge in [0.25, 0.3) is 0 Å². The first-order chi connectivity index (χ1) is 11.9. The molecule has 1 unspecified atom stereocenters. The summed E-state index contributed by atoms with van der Waals surface area (Å²) in [4.78, 5) is 12.6. The number of benzene rings is 1. The molecule has 25 heavy (non-hydrogen) atoms. The predicted molar refractivity (Wildman–Crippen MR) is 97.7 cm³/mol. The second kappa shape index (κ2) is 7.09. The molecule has 1 aromatic carbocycles. The lowest BCUT2D eigenvalue weighted by atomic mass is 9.95. The van der Waals surface area contributed by atoms with Crippen molar-refractivity contribution in [3.63, 3.8) is 0 Å². The van der Waals surface area contributed by atoms with Gasteiger partial charge in [-0.3, -0.25) is 0 Å². The van der Waals surface area contributed by atoms with Gasteiger partial charge in [-0.25, -0.2) is 4.79 Å². The molecule has 0 saturated heterocycles. The number of hydrogen-bond donors (Lipinski definition) is 2. The maximum atomic E-state index is 12.6. The van der Waals surface area contributed by atoms with Crippen molar-refractivity contribution in [3.05, 3.63) is 34.0 Å². The van der Waals surface area contributed by atoms with Crippen LogP contribution in [0.25, 0.3) is 0 Å². The normalized spacial score (nSPS) is 18.9. The van der Waals surface area contributed by atoms with Crippen molar-refractivity contribution < 1.29 is 19.0 Å². The Morgan fingerprint density at radius 1 is 1.40 bits per heavy atom. The fourth-order valence-corrected chi connectivity index (χ4v) is 3.21. The Morgan fingerprint density at radius 3 is 2.76 bits per heavy atom. The second-order valence-corrected chi connectivity index (χ2v) is 7.10. The molecule has 3 rings (SSSR count). The lowest BCUT2D eigenvalue weighted by Gasteiger charge is -2.30. The molecule has 2 N–H and O–H groups in total. The molecule has 0 saturated carbocycles. The molecule has 8 heteroatoms. The Bertz CT molecular complexity index is 763. The zero-order valence-corrected chi connectivity index (χ0v) is 15.7. The predicted octanol–water partition coefficient (Wildman–Crippen LogP) is 3.06. The average Bonchev–Trinajstić information content (AvgIpc) is 2.98. The monoisotopic (exact) mass is 382 g/mol. The number of rotatable bonds is 4. The van der Waals surface area contributed by atoms with Gasteiger partial charge in [0.2, 0.25) is 6.79 Å². The molecule has 0 aromatic heterocycles. The van der Waals surface area contributed by atoms with Crippen LogP contribution in [-0.4, -0.2) is 24.5 Å². The quantitative estimate of drug-likeness (QED) is 0.612. The molecule has 0 fully saturated rings. The van der Waals surface area contributed by atoms with E-state index in [2.05, 4.69) is 10.6 Å². The number of nitrogens with one attached hydrogen (secondary N) is 2. The topological polar surface area (TPSA) is 68.8 Å². The third kappa shape index (κ3) is 3.67. The molecule has 6 nitrogen and oxygen atoms in total. The highest BCUT2D eigenvalue weighted by Gasteiger charge is 2.33. The van der Waals surface area contributed by atoms with Crippen molar-refractivity contribution in [3.8, 4) is 11.5 Å². The molecule has 1 atom stereocenters. The van der Waals surface area contributed by atoms with E-state index in [1.807, 2.05) is 13.8 Å². The molecular formula is C17H19ClN2O4S. The van der Waals surface area contributed by atoms with Gasteiger partial charge in [-0.1, -0.05) is 25.4 Å². The molecule has 1 aromatic rings. The van der Waals surface area contributed by atoms with Crippen LogP contribution in [0.15, 0.2) is 23.4 Å². The van der Waals surface area contributed by atoms with E-state index >= 15 is 0 Å². The summed E-state index contributed by atoms with van der Waals surface area (Å²) in [6, 6.07) is 2.91. The molecule has 2 aliphatic rings. The smallest absolute Gasteiger partial charge is 0.338 e. The summed E-state index contributed by atoms with van der Waals surface area (Å²) in [5, 5.41) is 6.93. The van der Waals surface area contributed by atoms with E-state index in [4.69, 9.17) is 38.0 Å². The molecule has 134 valence electrons. The molecule has 2 heterocycles. The molecule has 0 radical (unpaired) electrons. The number of thiocarbonyl (C=S) groups is 1. The lowest BCUT2D eigenvalue weighted by Crippen LogP contribution is -2.45. The second-order valence-electron chi connectivity index (χ2n) is 6.29. The molecule has 0 amide bonds. The largest absolute Gasteiger partial charge is 0.462 e. The van der Waals surface area contributed by atoms with Crippen LogP contribution in [0.3, 0.4) is 0 Å². The van der Waals surface area contributed by atoms with E-state index in [9.17, 15) is 4.79 Å². The van der Waals surface area contributed by atoms with Crippen LogP contribution in [0.1, 0.15) is 32.4 Å². The van der Waals surface area contributed by atoms with Gasteiger partial charge in [-0.2, -0.15) is 0 Å². The van der Waals surface area contributed by atoms with Gasteiger partial charge < -0.3 is 24.8 Å². The third-order valence-electron chi connectivity index (χ3n) is 3.84. The summed E-state index contributed by atoms with van der Waals surface area (Å²) >= 11 is 11.7. The zero-order chi connectivity index (χ0) is 18.1. The Balaban J connectivity index is 1.99. The Morgan fingerprint density at radius 2 is 2.08 bits per heavy atom. The van der Waals surface area contributed by atoms with Crippen molar-refractivity contribution in [2.24, 2.45) is 5.92 Å². The van der Waals surface area contributed by atoms with Gasteiger partial charge in [0, 0.05) is 17.3 Å². The summed E-state index contributed by atoms with van der Waals surface area (Å²) in [6.45, 7) is 6.22. The molecule has 2 aliphatic heterocycles. The van der Waals surface area contributed by atoms with E-state index in [0.717, 1.165) is 0 Å². The first-order valence-corrected chi connectivity index (χ1v) is 8.70. The van der Waals surface area contributed by atoms with Crippen LogP contribution in [0, 0.1) is 5.92 Å². The standard InChI is InChI=1S/C17H19ClN2O4S/c1-8(2)6-22-16(21)14-9(3)19-17(25)20-15(14)10-4-12-13(5-11(10)18)24-7-23-12/h4-5,8,15H,6-7H2,1-3H3,(H2,19,20,25). The third-order valence-corrected chi connectivity index (χ3v) is 4.39. The zero-order valence-electron chi connectivity index (χ0n) is 14.1. The van der Waals surface area contributed by atoms with Crippen molar-refractivity contribution in [2.45, 2.75) is 26.8 Å². The number of hydrogen-bond acceptors (Lipinski definition) is 5. The van der Waals surface area contributed by atoms with Gasteiger partial charge in [-0.15, -0.1) is 0 Å². The summed E-state index contributed by atoms with van der Waals surface area (Å²) < 4.78 is 16.2. The molecule has 0 spiro atoms. The SMILES string of the molecule is CC1=C(C(=O)OCC(C)C)C(c2cc3c(cc2Cl)OCO3)NC(=S)N1. The fourth-order valence-electron chi connectivity index (χ4n) is 2.67. The Hall–Kier alpha value is -1.99. The van der Waals surface area contributed by atoms with Crippen molar-refractivity contribution in [1.82, 2.24) is 10.6 Å². The highest BCUT2D eigenvalue weighted by Crippen LogP contribution is 2.41. The van der Waals surface area contributed by atoms with Gasteiger partial charge in [0.05, 0.1) is 23.2 Å². The lowest BCUT2D eigenvalue weighted by molar-refractivity contribution is -0.140. The Kier molecular flexibility index (Phi) is 5.06.